The normalized spacial score (nSPS) is 10.4. The molecule has 0 spiro atoms. The highest BCUT2D eigenvalue weighted by Gasteiger charge is 2.15. The van der Waals surface area contributed by atoms with Gasteiger partial charge in [0.2, 0.25) is 5.76 Å². The zero-order chi connectivity index (χ0) is 11.7. The molecular weight excluding hydrogens is 210 g/mol. The van der Waals surface area contributed by atoms with E-state index in [-0.39, 0.29) is 5.76 Å². The first-order valence-electron chi connectivity index (χ1n) is 4.61. The minimum absolute atomic E-state index is 0.126. The molecule has 84 valence electrons. The summed E-state index contributed by atoms with van der Waals surface area (Å²) in [6.07, 6.45) is 0. The van der Waals surface area contributed by atoms with Crippen LogP contribution < -0.4 is 10.5 Å². The summed E-state index contributed by atoms with van der Waals surface area (Å²) in [6, 6.07) is 4.86. The number of hydrogen-bond acceptors (Lipinski definition) is 5. The standard InChI is InChI=1S/C11H11NO4/c1-14-8-3-6(12)4-9-7(8)5-10(16-9)11(13)15-2/h3-5H,12H2,1-2H3. The number of nitrogens with two attached hydrogens (primary N) is 1. The van der Waals surface area contributed by atoms with Crippen molar-refractivity contribution in [2.75, 3.05) is 20.0 Å². The van der Waals surface area contributed by atoms with Gasteiger partial charge in [0.1, 0.15) is 11.3 Å². The molecule has 0 amide bonds. The van der Waals surface area contributed by atoms with Crippen LogP contribution >= 0.6 is 0 Å². The minimum Gasteiger partial charge on any atom is -0.496 e. The summed E-state index contributed by atoms with van der Waals surface area (Å²) in [4.78, 5) is 11.3. The third-order valence-electron chi connectivity index (χ3n) is 2.23. The maximum Gasteiger partial charge on any atom is 0.373 e. The van der Waals surface area contributed by atoms with E-state index in [1.54, 1.807) is 18.2 Å². The van der Waals surface area contributed by atoms with Gasteiger partial charge in [0, 0.05) is 23.9 Å². The third-order valence-corrected chi connectivity index (χ3v) is 2.23. The first-order valence-corrected chi connectivity index (χ1v) is 4.61. The lowest BCUT2D eigenvalue weighted by Gasteiger charge is -2.01. The third kappa shape index (κ3) is 1.56. The van der Waals surface area contributed by atoms with Gasteiger partial charge in [-0.3, -0.25) is 0 Å². The number of rotatable bonds is 2. The Morgan fingerprint density at radius 1 is 1.31 bits per heavy atom. The number of carbonyl (C=O) groups is 1. The zero-order valence-corrected chi connectivity index (χ0v) is 8.94. The van der Waals surface area contributed by atoms with Crippen molar-refractivity contribution in [3.8, 4) is 5.75 Å². The van der Waals surface area contributed by atoms with E-state index in [9.17, 15) is 4.79 Å². The van der Waals surface area contributed by atoms with E-state index in [1.807, 2.05) is 0 Å². The smallest absolute Gasteiger partial charge is 0.373 e. The van der Waals surface area contributed by atoms with Crippen molar-refractivity contribution in [3.63, 3.8) is 0 Å². The summed E-state index contributed by atoms with van der Waals surface area (Å²) in [5, 5.41) is 0.692. The highest BCUT2D eigenvalue weighted by Crippen LogP contribution is 2.31. The van der Waals surface area contributed by atoms with Crippen molar-refractivity contribution in [1.29, 1.82) is 0 Å². The Labute approximate surface area is 91.7 Å². The second kappa shape index (κ2) is 3.77. The van der Waals surface area contributed by atoms with Gasteiger partial charge < -0.3 is 19.6 Å². The lowest BCUT2D eigenvalue weighted by molar-refractivity contribution is 0.0567. The molecule has 2 rings (SSSR count). The highest BCUT2D eigenvalue weighted by molar-refractivity contribution is 5.95. The van der Waals surface area contributed by atoms with E-state index in [4.69, 9.17) is 14.9 Å². The summed E-state index contributed by atoms with van der Waals surface area (Å²) in [5.41, 5.74) is 6.67. The fourth-order valence-electron chi connectivity index (χ4n) is 1.50. The average Bonchev–Trinajstić information content (AvgIpc) is 2.70. The van der Waals surface area contributed by atoms with E-state index in [0.717, 1.165) is 0 Å². The van der Waals surface area contributed by atoms with Crippen LogP contribution in [0.5, 0.6) is 5.75 Å². The van der Waals surface area contributed by atoms with Gasteiger partial charge in [-0.15, -0.1) is 0 Å². The topological polar surface area (TPSA) is 74.7 Å². The Hall–Kier alpha value is -2.17. The van der Waals surface area contributed by atoms with E-state index >= 15 is 0 Å². The van der Waals surface area contributed by atoms with E-state index < -0.39 is 5.97 Å². The number of nitrogen functional groups attached to an aromatic ring is 1. The Bertz CT molecular complexity index is 544. The van der Waals surface area contributed by atoms with Gasteiger partial charge in [0.15, 0.2) is 0 Å². The van der Waals surface area contributed by atoms with Gasteiger partial charge in [0.25, 0.3) is 0 Å². The van der Waals surface area contributed by atoms with Gasteiger partial charge in [-0.25, -0.2) is 4.79 Å². The molecule has 0 aliphatic rings. The maximum atomic E-state index is 11.3. The zero-order valence-electron chi connectivity index (χ0n) is 8.94. The first-order chi connectivity index (χ1) is 7.65. The van der Waals surface area contributed by atoms with Crippen LogP contribution in [0.25, 0.3) is 11.0 Å². The summed E-state index contributed by atoms with van der Waals surface area (Å²) in [5.74, 6) is 0.159. The summed E-state index contributed by atoms with van der Waals surface area (Å²) in [6.45, 7) is 0. The fourth-order valence-corrected chi connectivity index (χ4v) is 1.50. The lowest BCUT2D eigenvalue weighted by atomic mass is 10.2. The number of hydrogen-bond donors (Lipinski definition) is 1. The summed E-state index contributed by atoms with van der Waals surface area (Å²) < 4.78 is 15.0. The van der Waals surface area contributed by atoms with Crippen molar-refractivity contribution in [3.05, 3.63) is 24.0 Å². The van der Waals surface area contributed by atoms with Crippen molar-refractivity contribution >= 4 is 22.6 Å². The number of carbonyl (C=O) groups excluding carboxylic acids is 1. The molecule has 0 saturated carbocycles. The summed E-state index contributed by atoms with van der Waals surface area (Å²) >= 11 is 0. The van der Waals surface area contributed by atoms with Crippen LogP contribution in [0, 0.1) is 0 Å². The molecular formula is C11H11NO4. The monoisotopic (exact) mass is 221 g/mol. The molecule has 2 aromatic rings. The second-order valence-electron chi connectivity index (χ2n) is 3.24. The molecule has 0 unspecified atom stereocenters. The number of esters is 1. The van der Waals surface area contributed by atoms with Gasteiger partial charge >= 0.3 is 5.97 Å². The molecule has 0 radical (unpaired) electrons. The molecule has 0 atom stereocenters. The van der Waals surface area contributed by atoms with E-state index in [1.165, 1.54) is 14.2 Å². The quantitative estimate of drug-likeness (QED) is 0.618. The first kappa shape index (κ1) is 10.4. The fraction of sp³-hybridized carbons (Fsp3) is 0.182. The van der Waals surface area contributed by atoms with Crippen LogP contribution in [-0.4, -0.2) is 20.2 Å². The van der Waals surface area contributed by atoms with Crippen molar-refractivity contribution in [2.45, 2.75) is 0 Å². The Morgan fingerprint density at radius 2 is 2.06 bits per heavy atom. The summed E-state index contributed by atoms with van der Waals surface area (Å²) in [7, 11) is 2.82. The Balaban J connectivity index is 2.64. The maximum absolute atomic E-state index is 11.3. The minimum atomic E-state index is -0.531. The van der Waals surface area contributed by atoms with E-state index in [0.29, 0.717) is 22.4 Å². The molecule has 0 saturated heterocycles. The Kier molecular flexibility index (Phi) is 2.44. The number of anilines is 1. The van der Waals surface area contributed by atoms with Crippen molar-refractivity contribution in [1.82, 2.24) is 0 Å². The molecule has 1 aromatic heterocycles. The van der Waals surface area contributed by atoms with E-state index in [2.05, 4.69) is 4.74 Å². The van der Waals surface area contributed by atoms with Gasteiger partial charge in [-0.1, -0.05) is 0 Å². The highest BCUT2D eigenvalue weighted by atomic mass is 16.5. The molecule has 5 heteroatoms. The molecule has 1 heterocycles. The molecule has 0 bridgehead atoms. The molecule has 0 fully saturated rings. The van der Waals surface area contributed by atoms with Gasteiger partial charge in [0.05, 0.1) is 19.6 Å². The Morgan fingerprint density at radius 3 is 2.69 bits per heavy atom. The molecule has 0 aliphatic carbocycles. The number of furan rings is 1. The van der Waals surface area contributed by atoms with Crippen LogP contribution in [0.15, 0.2) is 22.6 Å². The lowest BCUT2D eigenvalue weighted by Crippen LogP contribution is -1.97. The molecule has 5 nitrogen and oxygen atoms in total. The van der Waals surface area contributed by atoms with Gasteiger partial charge in [-0.05, 0) is 0 Å². The number of benzene rings is 1. The molecule has 16 heavy (non-hydrogen) atoms. The van der Waals surface area contributed by atoms with Crippen LogP contribution in [0.4, 0.5) is 5.69 Å². The number of ether oxygens (including phenoxy) is 2. The predicted molar refractivity (Wildman–Crippen MR) is 58.5 cm³/mol. The number of fused-ring (bicyclic) bond motifs is 1. The van der Waals surface area contributed by atoms with Crippen LogP contribution in [0.1, 0.15) is 10.6 Å². The van der Waals surface area contributed by atoms with Gasteiger partial charge in [-0.2, -0.15) is 0 Å². The number of methoxy groups -OCH3 is 2. The van der Waals surface area contributed by atoms with Crippen LogP contribution in [0.3, 0.4) is 0 Å². The largest absolute Gasteiger partial charge is 0.496 e. The van der Waals surface area contributed by atoms with Crippen molar-refractivity contribution < 1.29 is 18.7 Å². The van der Waals surface area contributed by atoms with Crippen molar-refractivity contribution in [2.24, 2.45) is 0 Å². The molecule has 1 aromatic carbocycles. The second-order valence-corrected chi connectivity index (χ2v) is 3.24. The van der Waals surface area contributed by atoms with Crippen LogP contribution in [0.2, 0.25) is 0 Å². The molecule has 2 N–H and O–H groups in total. The predicted octanol–water partition coefficient (Wildman–Crippen LogP) is 1.81. The average molecular weight is 221 g/mol. The van der Waals surface area contributed by atoms with Crippen LogP contribution in [-0.2, 0) is 4.74 Å². The SMILES string of the molecule is COC(=O)c1cc2c(OC)cc(N)cc2o1. The molecule has 0 aliphatic heterocycles.